The van der Waals surface area contributed by atoms with Gasteiger partial charge in [0.15, 0.2) is 0 Å². The van der Waals surface area contributed by atoms with Gasteiger partial charge in [-0.1, -0.05) is 15.9 Å². The normalized spacial score (nSPS) is 12.9. The van der Waals surface area contributed by atoms with E-state index in [4.69, 9.17) is 15.2 Å². The molecule has 0 radical (unpaired) electrons. The Kier molecular flexibility index (Phi) is 6.23. The first-order chi connectivity index (χ1) is 9.67. The number of nitrogens with two attached hydrogens (primary N) is 1. The van der Waals surface area contributed by atoms with Gasteiger partial charge in [-0.15, -0.1) is 0 Å². The van der Waals surface area contributed by atoms with Crippen molar-refractivity contribution in [1.29, 1.82) is 0 Å². The van der Waals surface area contributed by atoms with E-state index in [2.05, 4.69) is 15.9 Å². The van der Waals surface area contributed by atoms with Crippen LogP contribution in [0, 0.1) is 12.3 Å². The van der Waals surface area contributed by atoms with Crippen LogP contribution in [0.3, 0.4) is 0 Å². The number of hydrogen-bond donors (Lipinski definition) is 1. The summed E-state index contributed by atoms with van der Waals surface area (Å²) in [4.78, 5) is 11.7. The number of esters is 1. The van der Waals surface area contributed by atoms with Gasteiger partial charge in [0.05, 0.1) is 12.5 Å². The molecule has 0 aliphatic heterocycles. The summed E-state index contributed by atoms with van der Waals surface area (Å²) < 4.78 is 11.7. The van der Waals surface area contributed by atoms with Gasteiger partial charge in [-0.2, -0.15) is 0 Å². The lowest BCUT2D eigenvalue weighted by Gasteiger charge is -2.24. The van der Waals surface area contributed by atoms with Crippen LogP contribution in [0.5, 0.6) is 5.75 Å². The molecule has 118 valence electrons. The molecule has 21 heavy (non-hydrogen) atoms. The lowest BCUT2D eigenvalue weighted by molar-refractivity contribution is -0.152. The molecule has 0 bridgehead atoms. The monoisotopic (exact) mass is 357 g/mol. The quantitative estimate of drug-likeness (QED) is 0.794. The summed E-state index contributed by atoms with van der Waals surface area (Å²) in [7, 11) is 1.39. The Morgan fingerprint density at radius 1 is 1.43 bits per heavy atom. The van der Waals surface area contributed by atoms with Crippen molar-refractivity contribution in [2.75, 3.05) is 13.7 Å². The third-order valence-corrected chi connectivity index (χ3v) is 3.63. The first kappa shape index (κ1) is 18.0. The molecule has 4 nitrogen and oxygen atoms in total. The average Bonchev–Trinajstić information content (AvgIpc) is 2.35. The minimum absolute atomic E-state index is 0.0367. The Bertz CT molecular complexity index is 512. The molecule has 1 atom stereocenters. The Morgan fingerprint density at radius 2 is 2.05 bits per heavy atom. The predicted octanol–water partition coefficient (Wildman–Crippen LogP) is 3.23. The summed E-state index contributed by atoms with van der Waals surface area (Å²) in [5.74, 6) is 0.512. The number of methoxy groups -OCH3 is 1. The van der Waals surface area contributed by atoms with E-state index < -0.39 is 5.41 Å². The number of ether oxygens (including phenoxy) is 2. The van der Waals surface area contributed by atoms with Crippen LogP contribution in [0.15, 0.2) is 16.6 Å². The highest BCUT2D eigenvalue weighted by molar-refractivity contribution is 9.10. The van der Waals surface area contributed by atoms with E-state index >= 15 is 0 Å². The summed E-state index contributed by atoms with van der Waals surface area (Å²) in [6, 6.07) is 4.04. The second-order valence-electron chi connectivity index (χ2n) is 6.06. The zero-order valence-electron chi connectivity index (χ0n) is 13.3. The van der Waals surface area contributed by atoms with Gasteiger partial charge in [0.2, 0.25) is 0 Å². The number of benzene rings is 1. The van der Waals surface area contributed by atoms with Crippen molar-refractivity contribution < 1.29 is 14.3 Å². The zero-order valence-corrected chi connectivity index (χ0v) is 14.9. The standard InChI is InChI=1S/C16H24BrNO3/c1-10-6-13(17)8-12(7-11(2)18)14(10)21-9-16(3,4)15(19)20-5/h6,8,11H,7,9,18H2,1-5H3. The molecule has 0 fully saturated rings. The van der Waals surface area contributed by atoms with E-state index in [1.54, 1.807) is 13.8 Å². The van der Waals surface area contributed by atoms with Gasteiger partial charge in [-0.05, 0) is 57.4 Å². The van der Waals surface area contributed by atoms with Crippen LogP contribution in [0.25, 0.3) is 0 Å². The first-order valence-electron chi connectivity index (χ1n) is 6.93. The molecule has 0 amide bonds. The first-order valence-corrected chi connectivity index (χ1v) is 7.72. The van der Waals surface area contributed by atoms with Crippen molar-refractivity contribution in [3.63, 3.8) is 0 Å². The zero-order chi connectivity index (χ0) is 16.2. The molecule has 0 heterocycles. The molecule has 0 saturated carbocycles. The van der Waals surface area contributed by atoms with Crippen molar-refractivity contribution in [2.24, 2.45) is 11.1 Å². The van der Waals surface area contributed by atoms with Crippen LogP contribution in [-0.2, 0) is 16.0 Å². The summed E-state index contributed by atoms with van der Waals surface area (Å²) in [6.45, 7) is 7.80. The number of hydrogen-bond acceptors (Lipinski definition) is 4. The van der Waals surface area contributed by atoms with Gasteiger partial charge in [-0.25, -0.2) is 0 Å². The molecule has 1 unspecified atom stereocenters. The van der Waals surface area contributed by atoms with Crippen LogP contribution >= 0.6 is 15.9 Å². The van der Waals surface area contributed by atoms with Crippen molar-refractivity contribution in [3.8, 4) is 5.75 Å². The topological polar surface area (TPSA) is 61.5 Å². The van der Waals surface area contributed by atoms with Crippen LogP contribution in [-0.4, -0.2) is 25.7 Å². The molecular weight excluding hydrogens is 334 g/mol. The number of aryl methyl sites for hydroxylation is 1. The van der Waals surface area contributed by atoms with Gasteiger partial charge >= 0.3 is 5.97 Å². The van der Waals surface area contributed by atoms with Gasteiger partial charge in [-0.3, -0.25) is 4.79 Å². The van der Waals surface area contributed by atoms with Gasteiger partial charge in [0.25, 0.3) is 0 Å². The fourth-order valence-corrected chi connectivity index (χ4v) is 2.71. The minimum Gasteiger partial charge on any atom is -0.492 e. The lowest BCUT2D eigenvalue weighted by Crippen LogP contribution is -2.32. The predicted molar refractivity (Wildman–Crippen MR) is 87.5 cm³/mol. The molecule has 1 aromatic rings. The summed E-state index contributed by atoms with van der Waals surface area (Å²) >= 11 is 3.49. The number of rotatable bonds is 6. The van der Waals surface area contributed by atoms with Crippen molar-refractivity contribution in [2.45, 2.75) is 40.2 Å². The van der Waals surface area contributed by atoms with Gasteiger partial charge in [0.1, 0.15) is 12.4 Å². The Balaban J connectivity index is 2.99. The second-order valence-corrected chi connectivity index (χ2v) is 6.97. The number of carbonyl (C=O) groups excluding carboxylic acids is 1. The fraction of sp³-hybridized carbons (Fsp3) is 0.562. The lowest BCUT2D eigenvalue weighted by atomic mass is 9.95. The molecule has 0 spiro atoms. The summed E-state index contributed by atoms with van der Waals surface area (Å²) in [5.41, 5.74) is 7.26. The van der Waals surface area contributed by atoms with E-state index in [-0.39, 0.29) is 18.6 Å². The molecule has 0 saturated heterocycles. The van der Waals surface area contributed by atoms with Crippen molar-refractivity contribution >= 4 is 21.9 Å². The molecular formula is C16H24BrNO3. The van der Waals surface area contributed by atoms with E-state index in [1.807, 2.05) is 26.0 Å². The van der Waals surface area contributed by atoms with Crippen molar-refractivity contribution in [3.05, 3.63) is 27.7 Å². The van der Waals surface area contributed by atoms with Crippen LogP contribution < -0.4 is 10.5 Å². The maximum absolute atomic E-state index is 11.7. The largest absolute Gasteiger partial charge is 0.492 e. The highest BCUT2D eigenvalue weighted by atomic mass is 79.9. The SMILES string of the molecule is COC(=O)C(C)(C)COc1c(C)cc(Br)cc1CC(C)N. The molecule has 1 aromatic carbocycles. The summed E-state index contributed by atoms with van der Waals surface area (Å²) in [6.07, 6.45) is 0.717. The maximum atomic E-state index is 11.7. The highest BCUT2D eigenvalue weighted by Crippen LogP contribution is 2.30. The molecule has 0 aliphatic carbocycles. The summed E-state index contributed by atoms with van der Waals surface area (Å²) in [5, 5.41) is 0. The average molecular weight is 358 g/mol. The highest BCUT2D eigenvalue weighted by Gasteiger charge is 2.30. The van der Waals surface area contributed by atoms with Crippen molar-refractivity contribution in [1.82, 2.24) is 0 Å². The third-order valence-electron chi connectivity index (χ3n) is 3.17. The molecule has 0 aromatic heterocycles. The maximum Gasteiger partial charge on any atom is 0.314 e. The van der Waals surface area contributed by atoms with Gasteiger partial charge in [0, 0.05) is 10.5 Å². The fourth-order valence-electron chi connectivity index (χ4n) is 2.09. The van der Waals surface area contributed by atoms with E-state index in [1.165, 1.54) is 7.11 Å². The van der Waals surface area contributed by atoms with Gasteiger partial charge < -0.3 is 15.2 Å². The number of carbonyl (C=O) groups is 1. The van der Waals surface area contributed by atoms with E-state index in [0.717, 1.165) is 21.3 Å². The minimum atomic E-state index is -0.695. The Labute approximate surface area is 135 Å². The smallest absolute Gasteiger partial charge is 0.314 e. The molecule has 1 rings (SSSR count). The second kappa shape index (κ2) is 7.27. The Hall–Kier alpha value is -1.07. The Morgan fingerprint density at radius 3 is 2.57 bits per heavy atom. The van der Waals surface area contributed by atoms with Crippen LogP contribution in [0.4, 0.5) is 0 Å². The number of halogens is 1. The molecule has 0 aliphatic rings. The van der Waals surface area contributed by atoms with E-state index in [9.17, 15) is 4.79 Å². The third kappa shape index (κ3) is 5.00. The van der Waals surface area contributed by atoms with Crippen LogP contribution in [0.2, 0.25) is 0 Å². The van der Waals surface area contributed by atoms with Crippen LogP contribution in [0.1, 0.15) is 31.9 Å². The molecule has 5 heteroatoms. The molecule has 2 N–H and O–H groups in total. The van der Waals surface area contributed by atoms with E-state index in [0.29, 0.717) is 6.42 Å².